The molecule has 0 spiro atoms. The molecule has 1 aliphatic heterocycles. The molecule has 3 nitrogen and oxygen atoms in total. The second-order valence-corrected chi connectivity index (χ2v) is 9.35. The highest BCUT2D eigenvalue weighted by molar-refractivity contribution is 5.63. The molecule has 1 heterocycles. The summed E-state index contributed by atoms with van der Waals surface area (Å²) in [6.07, 6.45) is 1.86. The highest BCUT2D eigenvalue weighted by Crippen LogP contribution is 2.40. The normalized spacial score (nSPS) is 14.5. The Bertz CT molecular complexity index is 1450. The van der Waals surface area contributed by atoms with Gasteiger partial charge in [-0.1, -0.05) is 91.0 Å². The summed E-state index contributed by atoms with van der Waals surface area (Å²) in [6.45, 7) is 0.934. The van der Waals surface area contributed by atoms with E-state index in [9.17, 15) is 0 Å². The first kappa shape index (κ1) is 23.1. The van der Waals surface area contributed by atoms with E-state index in [1.54, 1.807) is 0 Å². The molecule has 3 heteroatoms. The Labute approximate surface area is 218 Å². The number of hydrogen-bond donors (Lipinski definition) is 1. The molecule has 5 aromatic rings. The maximum atomic E-state index is 6.36. The van der Waals surface area contributed by atoms with Crippen LogP contribution in [0.15, 0.2) is 127 Å². The molecule has 6 rings (SSSR count). The van der Waals surface area contributed by atoms with Gasteiger partial charge in [0.15, 0.2) is 11.5 Å². The fourth-order valence-corrected chi connectivity index (χ4v) is 4.92. The summed E-state index contributed by atoms with van der Waals surface area (Å²) in [5, 5.41) is 3.73. The third-order valence-corrected chi connectivity index (χ3v) is 6.81. The van der Waals surface area contributed by atoms with Crippen molar-refractivity contribution in [3.05, 3.63) is 144 Å². The molecule has 0 radical (unpaired) electrons. The van der Waals surface area contributed by atoms with Gasteiger partial charge in [-0.3, -0.25) is 0 Å². The first-order valence-electron chi connectivity index (χ1n) is 12.8. The van der Waals surface area contributed by atoms with Crippen LogP contribution in [0.3, 0.4) is 0 Å². The van der Waals surface area contributed by atoms with Gasteiger partial charge in [0, 0.05) is 6.04 Å². The minimum absolute atomic E-state index is 0.204. The molecular formula is C34H29NO2. The van der Waals surface area contributed by atoms with Crippen LogP contribution in [0.2, 0.25) is 0 Å². The maximum absolute atomic E-state index is 6.36. The fourth-order valence-electron chi connectivity index (χ4n) is 4.92. The van der Waals surface area contributed by atoms with Crippen molar-refractivity contribution >= 4 is 0 Å². The molecule has 0 aliphatic carbocycles. The van der Waals surface area contributed by atoms with E-state index < -0.39 is 0 Å². The molecule has 1 unspecified atom stereocenters. The lowest BCUT2D eigenvalue weighted by Gasteiger charge is -2.28. The number of rotatable bonds is 7. The lowest BCUT2D eigenvalue weighted by Crippen LogP contribution is -2.31. The monoisotopic (exact) mass is 483 g/mol. The SMILES string of the molecule is c1ccc(Oc2cc3c(cc2Oc2ccccc2)C(Cc2ccc(-c4ccccc4)cc2)NCC3)cc1. The number of para-hydroxylation sites is 2. The smallest absolute Gasteiger partial charge is 0.170 e. The third-order valence-electron chi connectivity index (χ3n) is 6.81. The summed E-state index contributed by atoms with van der Waals surface area (Å²) in [5.74, 6) is 3.05. The van der Waals surface area contributed by atoms with E-state index in [1.165, 1.54) is 27.8 Å². The molecule has 1 aliphatic rings. The lowest BCUT2D eigenvalue weighted by atomic mass is 9.89. The Morgan fingerprint density at radius 3 is 1.76 bits per heavy atom. The fraction of sp³-hybridized carbons (Fsp3) is 0.118. The van der Waals surface area contributed by atoms with Crippen LogP contribution in [0.4, 0.5) is 0 Å². The Balaban J connectivity index is 1.30. The van der Waals surface area contributed by atoms with Crippen molar-refractivity contribution in [3.63, 3.8) is 0 Å². The molecule has 0 aromatic heterocycles. The Morgan fingerprint density at radius 1 is 0.595 bits per heavy atom. The molecule has 0 bridgehead atoms. The average molecular weight is 484 g/mol. The molecule has 5 aromatic carbocycles. The zero-order valence-electron chi connectivity index (χ0n) is 20.6. The second kappa shape index (κ2) is 10.7. The highest BCUT2D eigenvalue weighted by atomic mass is 16.5. The van der Waals surface area contributed by atoms with Gasteiger partial charge >= 0.3 is 0 Å². The van der Waals surface area contributed by atoms with Crippen molar-refractivity contribution < 1.29 is 9.47 Å². The van der Waals surface area contributed by atoms with Gasteiger partial charge in [-0.2, -0.15) is 0 Å². The van der Waals surface area contributed by atoms with Crippen molar-refractivity contribution in [2.24, 2.45) is 0 Å². The van der Waals surface area contributed by atoms with Crippen molar-refractivity contribution in [1.29, 1.82) is 0 Å². The number of benzene rings is 5. The van der Waals surface area contributed by atoms with E-state index in [1.807, 2.05) is 60.7 Å². The van der Waals surface area contributed by atoms with Crippen LogP contribution in [0, 0.1) is 0 Å². The van der Waals surface area contributed by atoms with Crippen LogP contribution >= 0.6 is 0 Å². The standard InChI is InChI=1S/C34H29NO2/c1-4-10-26(11-5-1)27-18-16-25(17-19-27)22-32-31-24-34(37-30-14-8-3-9-15-30)33(23-28(31)20-21-35-32)36-29-12-6-2-7-13-29/h1-19,23-24,32,35H,20-22H2. The number of fused-ring (bicyclic) bond motifs is 1. The average Bonchev–Trinajstić information content (AvgIpc) is 2.96. The molecule has 182 valence electrons. The lowest BCUT2D eigenvalue weighted by molar-refractivity contribution is 0.413. The predicted molar refractivity (Wildman–Crippen MR) is 150 cm³/mol. The van der Waals surface area contributed by atoms with Crippen LogP contribution in [-0.4, -0.2) is 6.54 Å². The summed E-state index contributed by atoms with van der Waals surface area (Å²) >= 11 is 0. The zero-order valence-corrected chi connectivity index (χ0v) is 20.6. The molecule has 0 fully saturated rings. The van der Waals surface area contributed by atoms with Crippen molar-refractivity contribution in [2.45, 2.75) is 18.9 Å². The summed E-state index contributed by atoms with van der Waals surface area (Å²) in [7, 11) is 0. The number of hydrogen-bond acceptors (Lipinski definition) is 3. The van der Waals surface area contributed by atoms with E-state index >= 15 is 0 Å². The largest absolute Gasteiger partial charge is 0.453 e. The van der Waals surface area contributed by atoms with Crippen molar-refractivity contribution in [3.8, 4) is 34.1 Å². The molecule has 0 saturated heterocycles. The van der Waals surface area contributed by atoms with Crippen LogP contribution in [-0.2, 0) is 12.8 Å². The molecule has 0 saturated carbocycles. The molecule has 0 amide bonds. The molecule has 1 N–H and O–H groups in total. The Hall–Kier alpha value is -4.34. The second-order valence-electron chi connectivity index (χ2n) is 9.35. The van der Waals surface area contributed by atoms with E-state index in [-0.39, 0.29) is 6.04 Å². The van der Waals surface area contributed by atoms with Gasteiger partial charge in [-0.15, -0.1) is 0 Å². The third kappa shape index (κ3) is 5.42. The minimum Gasteiger partial charge on any atom is -0.453 e. The number of ether oxygens (including phenoxy) is 2. The maximum Gasteiger partial charge on any atom is 0.170 e. The van der Waals surface area contributed by atoms with Gasteiger partial charge in [0.2, 0.25) is 0 Å². The zero-order chi connectivity index (χ0) is 24.9. The molecule has 37 heavy (non-hydrogen) atoms. The van der Waals surface area contributed by atoms with Gasteiger partial charge in [0.1, 0.15) is 11.5 Å². The molecular weight excluding hydrogens is 454 g/mol. The topological polar surface area (TPSA) is 30.5 Å². The van der Waals surface area contributed by atoms with E-state index in [4.69, 9.17) is 9.47 Å². The minimum atomic E-state index is 0.204. The quantitative estimate of drug-likeness (QED) is 0.252. The van der Waals surface area contributed by atoms with Gasteiger partial charge in [0.05, 0.1) is 0 Å². The van der Waals surface area contributed by atoms with Gasteiger partial charge in [-0.25, -0.2) is 0 Å². The van der Waals surface area contributed by atoms with Gasteiger partial charge in [0.25, 0.3) is 0 Å². The summed E-state index contributed by atoms with van der Waals surface area (Å²) < 4.78 is 12.7. The number of nitrogens with one attached hydrogen (secondary N) is 1. The predicted octanol–water partition coefficient (Wildman–Crippen LogP) is 8.37. The first-order valence-corrected chi connectivity index (χ1v) is 12.8. The highest BCUT2D eigenvalue weighted by Gasteiger charge is 2.24. The Kier molecular flexibility index (Phi) is 6.70. The summed E-state index contributed by atoms with van der Waals surface area (Å²) in [4.78, 5) is 0. The Morgan fingerprint density at radius 2 is 1.14 bits per heavy atom. The van der Waals surface area contributed by atoms with Gasteiger partial charge < -0.3 is 14.8 Å². The van der Waals surface area contributed by atoms with Crippen LogP contribution in [0.25, 0.3) is 11.1 Å². The van der Waals surface area contributed by atoms with Crippen LogP contribution in [0.1, 0.15) is 22.7 Å². The molecule has 1 atom stereocenters. The summed E-state index contributed by atoms with van der Waals surface area (Å²) in [6, 6.07) is 43.7. The van der Waals surface area contributed by atoms with Crippen molar-refractivity contribution in [2.75, 3.05) is 6.54 Å². The first-order chi connectivity index (χ1) is 18.3. The van der Waals surface area contributed by atoms with E-state index in [2.05, 4.69) is 72.0 Å². The van der Waals surface area contributed by atoms with Crippen LogP contribution < -0.4 is 14.8 Å². The van der Waals surface area contributed by atoms with E-state index in [0.29, 0.717) is 0 Å². The van der Waals surface area contributed by atoms with Crippen LogP contribution in [0.5, 0.6) is 23.0 Å². The van der Waals surface area contributed by atoms with Crippen molar-refractivity contribution in [1.82, 2.24) is 5.32 Å². The van der Waals surface area contributed by atoms with Gasteiger partial charge in [-0.05, 0) is 83.6 Å². The van der Waals surface area contributed by atoms with E-state index in [0.717, 1.165) is 42.4 Å². The summed E-state index contributed by atoms with van der Waals surface area (Å²) in [5.41, 5.74) is 6.35.